The maximum Gasteiger partial charge on any atom is 0.163 e. The fraction of sp³-hybridized carbons (Fsp3) is 0.200. The lowest BCUT2D eigenvalue weighted by molar-refractivity contribution is 0.171. The van der Waals surface area contributed by atoms with Crippen molar-refractivity contribution >= 4 is 21.6 Å². The summed E-state index contributed by atoms with van der Waals surface area (Å²) < 4.78 is 38.9. The fourth-order valence-electron chi connectivity index (χ4n) is 2.08. The molecule has 2 aromatic carbocycles. The van der Waals surface area contributed by atoms with E-state index < -0.39 is 11.6 Å². The third-order valence-corrected chi connectivity index (χ3v) is 3.81. The molecule has 1 heterocycles. The minimum absolute atomic E-state index is 0.000658. The van der Waals surface area contributed by atoms with Gasteiger partial charge in [0, 0.05) is 28.7 Å². The van der Waals surface area contributed by atoms with Crippen molar-refractivity contribution in [2.75, 3.05) is 18.5 Å². The molecule has 0 amide bonds. The number of ether oxygens (including phenoxy) is 2. The maximum absolute atomic E-state index is 13.6. The first kappa shape index (κ1) is 14.1. The van der Waals surface area contributed by atoms with Crippen LogP contribution in [0, 0.1) is 11.6 Å². The zero-order valence-electron chi connectivity index (χ0n) is 11.0. The van der Waals surface area contributed by atoms with Crippen LogP contribution in [0.2, 0.25) is 0 Å². The zero-order chi connectivity index (χ0) is 14.8. The standard InChI is InChI=1S/C15H12BrF2NO2/c16-10-6-14-15(21-5-4-20-14)7-13(10)19-8-9-11(17)2-1-3-12(9)18/h1-3,6-7,19H,4-5,8H2. The predicted octanol–water partition coefficient (Wildman–Crippen LogP) is 4.11. The van der Waals surface area contributed by atoms with Crippen LogP contribution in [0.15, 0.2) is 34.8 Å². The van der Waals surface area contributed by atoms with E-state index in [4.69, 9.17) is 9.47 Å². The number of benzene rings is 2. The first-order chi connectivity index (χ1) is 10.1. The molecule has 0 saturated carbocycles. The SMILES string of the molecule is Fc1cccc(F)c1CNc1cc2c(cc1Br)OCCO2. The quantitative estimate of drug-likeness (QED) is 0.898. The molecule has 3 nitrogen and oxygen atoms in total. The third-order valence-electron chi connectivity index (χ3n) is 3.15. The normalized spacial score (nSPS) is 13.1. The Morgan fingerprint density at radius 2 is 1.67 bits per heavy atom. The molecule has 21 heavy (non-hydrogen) atoms. The van der Waals surface area contributed by atoms with Gasteiger partial charge in [-0.25, -0.2) is 8.78 Å². The largest absolute Gasteiger partial charge is 0.486 e. The molecule has 0 bridgehead atoms. The summed E-state index contributed by atoms with van der Waals surface area (Å²) in [5, 5.41) is 3.00. The van der Waals surface area contributed by atoms with E-state index in [1.54, 1.807) is 12.1 Å². The van der Waals surface area contributed by atoms with Crippen molar-refractivity contribution in [1.82, 2.24) is 0 Å². The van der Waals surface area contributed by atoms with Crippen LogP contribution in [0.1, 0.15) is 5.56 Å². The van der Waals surface area contributed by atoms with E-state index in [0.717, 1.165) is 4.47 Å². The second-order valence-corrected chi connectivity index (χ2v) is 5.38. The van der Waals surface area contributed by atoms with Crippen molar-refractivity contribution < 1.29 is 18.3 Å². The molecule has 0 aliphatic carbocycles. The minimum Gasteiger partial charge on any atom is -0.486 e. The molecule has 0 fully saturated rings. The van der Waals surface area contributed by atoms with E-state index in [1.807, 2.05) is 0 Å². The monoisotopic (exact) mass is 355 g/mol. The molecule has 3 rings (SSSR count). The van der Waals surface area contributed by atoms with Gasteiger partial charge in [-0.05, 0) is 28.1 Å². The van der Waals surface area contributed by atoms with E-state index in [9.17, 15) is 8.78 Å². The van der Waals surface area contributed by atoms with E-state index in [1.165, 1.54) is 18.2 Å². The van der Waals surface area contributed by atoms with Crippen molar-refractivity contribution in [1.29, 1.82) is 0 Å². The van der Waals surface area contributed by atoms with Crippen LogP contribution in [-0.4, -0.2) is 13.2 Å². The fourth-order valence-corrected chi connectivity index (χ4v) is 2.55. The lowest BCUT2D eigenvalue weighted by atomic mass is 10.2. The molecule has 0 aromatic heterocycles. The first-order valence-corrected chi connectivity index (χ1v) is 7.20. The predicted molar refractivity (Wildman–Crippen MR) is 78.8 cm³/mol. The van der Waals surface area contributed by atoms with Crippen molar-refractivity contribution in [2.24, 2.45) is 0 Å². The zero-order valence-corrected chi connectivity index (χ0v) is 12.5. The van der Waals surface area contributed by atoms with Crippen LogP contribution in [0.3, 0.4) is 0 Å². The molecular weight excluding hydrogens is 344 g/mol. The van der Waals surface area contributed by atoms with Crippen LogP contribution < -0.4 is 14.8 Å². The topological polar surface area (TPSA) is 30.5 Å². The van der Waals surface area contributed by atoms with Gasteiger partial charge in [-0.1, -0.05) is 6.07 Å². The molecule has 0 atom stereocenters. The van der Waals surface area contributed by atoms with Crippen LogP contribution in [-0.2, 0) is 6.54 Å². The summed E-state index contributed by atoms with van der Waals surface area (Å²) in [4.78, 5) is 0. The number of hydrogen-bond donors (Lipinski definition) is 1. The lowest BCUT2D eigenvalue weighted by Crippen LogP contribution is -2.15. The molecule has 0 spiro atoms. The molecule has 6 heteroatoms. The average Bonchev–Trinajstić information content (AvgIpc) is 2.47. The summed E-state index contributed by atoms with van der Waals surface area (Å²) in [5.41, 5.74) is 0.682. The minimum atomic E-state index is -0.573. The van der Waals surface area contributed by atoms with Gasteiger partial charge in [0.05, 0.1) is 5.69 Å². The summed E-state index contributed by atoms with van der Waals surface area (Å²) in [6.07, 6.45) is 0. The van der Waals surface area contributed by atoms with Gasteiger partial charge in [0.2, 0.25) is 0 Å². The summed E-state index contributed by atoms with van der Waals surface area (Å²) in [5.74, 6) is 0.115. The maximum atomic E-state index is 13.6. The highest BCUT2D eigenvalue weighted by Gasteiger charge is 2.15. The summed E-state index contributed by atoms with van der Waals surface area (Å²) in [7, 11) is 0. The van der Waals surface area contributed by atoms with Crippen molar-refractivity contribution in [3.05, 3.63) is 52.0 Å². The summed E-state index contributed by atoms with van der Waals surface area (Å²) >= 11 is 3.40. The van der Waals surface area contributed by atoms with Crippen LogP contribution in [0.25, 0.3) is 0 Å². The number of hydrogen-bond acceptors (Lipinski definition) is 3. The van der Waals surface area contributed by atoms with E-state index in [0.29, 0.717) is 30.4 Å². The van der Waals surface area contributed by atoms with Gasteiger partial charge >= 0.3 is 0 Å². The molecule has 1 N–H and O–H groups in total. The van der Waals surface area contributed by atoms with Gasteiger partial charge in [0.1, 0.15) is 24.8 Å². The number of fused-ring (bicyclic) bond motifs is 1. The van der Waals surface area contributed by atoms with Crippen LogP contribution >= 0.6 is 15.9 Å². The Kier molecular flexibility index (Phi) is 3.96. The first-order valence-electron chi connectivity index (χ1n) is 6.41. The van der Waals surface area contributed by atoms with Gasteiger partial charge < -0.3 is 14.8 Å². The van der Waals surface area contributed by atoms with Crippen molar-refractivity contribution in [3.8, 4) is 11.5 Å². The Bertz CT molecular complexity index is 659. The molecule has 1 aliphatic heterocycles. The number of nitrogens with one attached hydrogen (secondary N) is 1. The van der Waals surface area contributed by atoms with Crippen LogP contribution in [0.4, 0.5) is 14.5 Å². The highest BCUT2D eigenvalue weighted by atomic mass is 79.9. The molecule has 110 valence electrons. The van der Waals surface area contributed by atoms with Crippen molar-refractivity contribution in [2.45, 2.75) is 6.54 Å². The average molecular weight is 356 g/mol. The third kappa shape index (κ3) is 2.95. The summed E-state index contributed by atoms with van der Waals surface area (Å²) in [6.45, 7) is 1.03. The lowest BCUT2D eigenvalue weighted by Gasteiger charge is -2.20. The molecule has 0 unspecified atom stereocenters. The Morgan fingerprint density at radius 1 is 1.05 bits per heavy atom. The smallest absolute Gasteiger partial charge is 0.163 e. The van der Waals surface area contributed by atoms with Gasteiger partial charge in [-0.3, -0.25) is 0 Å². The van der Waals surface area contributed by atoms with Gasteiger partial charge in [-0.15, -0.1) is 0 Å². The Balaban J connectivity index is 1.82. The second kappa shape index (κ2) is 5.89. The highest BCUT2D eigenvalue weighted by Crippen LogP contribution is 2.38. The molecule has 0 saturated heterocycles. The molecule has 1 aliphatic rings. The Hall–Kier alpha value is -1.82. The van der Waals surface area contributed by atoms with E-state index in [2.05, 4.69) is 21.2 Å². The highest BCUT2D eigenvalue weighted by molar-refractivity contribution is 9.10. The number of halogens is 3. The van der Waals surface area contributed by atoms with Gasteiger partial charge in [-0.2, -0.15) is 0 Å². The Morgan fingerprint density at radius 3 is 2.33 bits per heavy atom. The molecule has 2 aromatic rings. The number of rotatable bonds is 3. The summed E-state index contributed by atoms with van der Waals surface area (Å²) in [6, 6.07) is 7.33. The molecular formula is C15H12BrF2NO2. The van der Waals surface area contributed by atoms with Crippen LogP contribution in [0.5, 0.6) is 11.5 Å². The van der Waals surface area contributed by atoms with Crippen molar-refractivity contribution in [3.63, 3.8) is 0 Å². The van der Waals surface area contributed by atoms with E-state index >= 15 is 0 Å². The van der Waals surface area contributed by atoms with Gasteiger partial charge in [0.15, 0.2) is 11.5 Å². The van der Waals surface area contributed by atoms with E-state index in [-0.39, 0.29) is 12.1 Å². The number of anilines is 1. The van der Waals surface area contributed by atoms with Gasteiger partial charge in [0.25, 0.3) is 0 Å². The second-order valence-electron chi connectivity index (χ2n) is 4.53. The Labute approximate surface area is 129 Å². The molecule has 0 radical (unpaired) electrons.